The third kappa shape index (κ3) is 5.37. The summed E-state index contributed by atoms with van der Waals surface area (Å²) in [7, 11) is -1.86. The Morgan fingerprint density at radius 1 is 1.36 bits per heavy atom. The van der Waals surface area contributed by atoms with E-state index in [1.807, 2.05) is 24.4 Å². The van der Waals surface area contributed by atoms with Gasteiger partial charge in [0.05, 0.1) is 4.88 Å². The maximum absolute atomic E-state index is 12.8. The smallest absolute Gasteiger partial charge is 0.244 e. The highest BCUT2D eigenvalue weighted by Crippen LogP contribution is 2.29. The van der Waals surface area contributed by atoms with Gasteiger partial charge in [-0.3, -0.25) is 4.68 Å². The average Bonchev–Trinajstić information content (AvgIpc) is 3.20. The minimum atomic E-state index is -3.60. The minimum absolute atomic E-state index is 0.114. The highest BCUT2D eigenvalue weighted by molar-refractivity contribution is 7.89. The summed E-state index contributed by atoms with van der Waals surface area (Å²) >= 11 is 1.49. The molecule has 0 saturated heterocycles. The normalized spacial score (nSPS) is 13.5. The predicted molar refractivity (Wildman–Crippen MR) is 103 cm³/mol. The molecule has 2 heterocycles. The molecule has 1 unspecified atom stereocenters. The van der Waals surface area contributed by atoms with E-state index in [-0.39, 0.29) is 10.9 Å². The summed E-state index contributed by atoms with van der Waals surface area (Å²) in [5.41, 5.74) is 0.514. The second kappa shape index (κ2) is 8.93. The number of nitrogens with zero attached hydrogens (tertiary/aromatic N) is 3. The first-order chi connectivity index (χ1) is 11.9. The van der Waals surface area contributed by atoms with Crippen molar-refractivity contribution in [1.82, 2.24) is 19.4 Å². The van der Waals surface area contributed by atoms with Crippen LogP contribution in [-0.4, -0.2) is 48.8 Å². The third-order valence-corrected chi connectivity index (χ3v) is 6.67. The molecule has 0 radical (unpaired) electrons. The van der Waals surface area contributed by atoms with Crippen LogP contribution in [0, 0.1) is 0 Å². The molecule has 0 aliphatic rings. The number of hydrogen-bond acceptors (Lipinski definition) is 5. The molecule has 0 fully saturated rings. The lowest BCUT2D eigenvalue weighted by Gasteiger charge is -2.19. The zero-order valence-corrected chi connectivity index (χ0v) is 17.0. The van der Waals surface area contributed by atoms with E-state index in [4.69, 9.17) is 0 Å². The van der Waals surface area contributed by atoms with E-state index in [2.05, 4.69) is 28.6 Å². The van der Waals surface area contributed by atoms with Gasteiger partial charge in [0, 0.05) is 19.3 Å². The Hall–Kier alpha value is -1.22. The number of thiophene rings is 1. The highest BCUT2D eigenvalue weighted by Gasteiger charge is 2.25. The van der Waals surface area contributed by atoms with E-state index in [0.717, 1.165) is 37.4 Å². The van der Waals surface area contributed by atoms with Gasteiger partial charge in [-0.15, -0.1) is 11.3 Å². The molecule has 0 spiro atoms. The molecule has 25 heavy (non-hydrogen) atoms. The van der Waals surface area contributed by atoms with E-state index >= 15 is 0 Å². The van der Waals surface area contributed by atoms with Gasteiger partial charge in [0.15, 0.2) is 0 Å². The van der Waals surface area contributed by atoms with Gasteiger partial charge in [-0.05, 0) is 50.8 Å². The van der Waals surface area contributed by atoms with Crippen LogP contribution in [0.3, 0.4) is 0 Å². The topological polar surface area (TPSA) is 67.2 Å². The number of nitrogens with one attached hydrogen (secondary N) is 1. The molecule has 0 aliphatic carbocycles. The van der Waals surface area contributed by atoms with Crippen molar-refractivity contribution in [3.63, 3.8) is 0 Å². The number of aryl methyl sites for hydroxylation is 1. The Bertz CT molecular complexity index is 750. The van der Waals surface area contributed by atoms with E-state index in [0.29, 0.717) is 5.69 Å². The van der Waals surface area contributed by atoms with Crippen molar-refractivity contribution in [3.05, 3.63) is 23.7 Å². The van der Waals surface area contributed by atoms with Crippen LogP contribution >= 0.6 is 11.3 Å². The molecule has 8 heteroatoms. The molecule has 0 aliphatic heterocycles. The van der Waals surface area contributed by atoms with Crippen LogP contribution in [0.5, 0.6) is 0 Å². The van der Waals surface area contributed by atoms with Gasteiger partial charge in [0.1, 0.15) is 10.6 Å². The van der Waals surface area contributed by atoms with Gasteiger partial charge in [-0.25, -0.2) is 13.1 Å². The first kappa shape index (κ1) is 20.1. The van der Waals surface area contributed by atoms with Crippen LogP contribution < -0.4 is 4.72 Å². The Morgan fingerprint density at radius 2 is 2.08 bits per heavy atom. The van der Waals surface area contributed by atoms with E-state index in [9.17, 15) is 8.42 Å². The standard InChI is InChI=1S/C17H28N4O2S2/c1-5-21(6-2)11-7-9-14(3)19-25(22,23)16-13-20(4)18-17(16)15-10-8-12-24-15/h8,10,12-14,19H,5-7,9,11H2,1-4H3. The van der Waals surface area contributed by atoms with Gasteiger partial charge < -0.3 is 4.90 Å². The lowest BCUT2D eigenvalue weighted by Crippen LogP contribution is -2.33. The molecular formula is C17H28N4O2S2. The summed E-state index contributed by atoms with van der Waals surface area (Å²) in [5, 5.41) is 6.26. The van der Waals surface area contributed by atoms with Gasteiger partial charge in [0.2, 0.25) is 10.0 Å². The Balaban J connectivity index is 2.04. The molecule has 0 amide bonds. The molecule has 1 N–H and O–H groups in total. The SMILES string of the molecule is CCN(CC)CCCC(C)NS(=O)(=O)c1cn(C)nc1-c1cccs1. The Kier molecular flexibility index (Phi) is 7.18. The lowest BCUT2D eigenvalue weighted by atomic mass is 10.2. The molecular weight excluding hydrogens is 356 g/mol. The van der Waals surface area contributed by atoms with Crippen LogP contribution in [0.25, 0.3) is 10.6 Å². The number of sulfonamides is 1. The molecule has 0 saturated carbocycles. The molecule has 2 aromatic rings. The van der Waals surface area contributed by atoms with Crippen molar-refractivity contribution in [3.8, 4) is 10.6 Å². The minimum Gasteiger partial charge on any atom is -0.304 e. The first-order valence-corrected chi connectivity index (χ1v) is 11.1. The zero-order chi connectivity index (χ0) is 18.4. The predicted octanol–water partition coefficient (Wildman–Crippen LogP) is 2.94. The molecule has 6 nitrogen and oxygen atoms in total. The maximum Gasteiger partial charge on any atom is 0.244 e. The van der Waals surface area contributed by atoms with Crippen LogP contribution in [0.4, 0.5) is 0 Å². The number of rotatable bonds is 10. The average molecular weight is 385 g/mol. The van der Waals surface area contributed by atoms with E-state index < -0.39 is 10.0 Å². The van der Waals surface area contributed by atoms with Crippen molar-refractivity contribution in [1.29, 1.82) is 0 Å². The fourth-order valence-electron chi connectivity index (χ4n) is 2.80. The lowest BCUT2D eigenvalue weighted by molar-refractivity contribution is 0.293. The summed E-state index contributed by atoms with van der Waals surface area (Å²) in [6, 6.07) is 3.67. The van der Waals surface area contributed by atoms with Gasteiger partial charge in [0.25, 0.3) is 0 Å². The van der Waals surface area contributed by atoms with Crippen molar-refractivity contribution >= 4 is 21.4 Å². The van der Waals surface area contributed by atoms with Crippen LogP contribution in [0.1, 0.15) is 33.6 Å². The molecule has 2 rings (SSSR count). The van der Waals surface area contributed by atoms with Gasteiger partial charge >= 0.3 is 0 Å². The van der Waals surface area contributed by atoms with E-state index in [1.165, 1.54) is 11.3 Å². The molecule has 0 aromatic carbocycles. The molecule has 140 valence electrons. The van der Waals surface area contributed by atoms with E-state index in [1.54, 1.807) is 17.9 Å². The number of aromatic nitrogens is 2. The first-order valence-electron chi connectivity index (χ1n) is 8.69. The Labute approximate surface area is 154 Å². The summed E-state index contributed by atoms with van der Waals surface area (Å²) in [4.78, 5) is 3.44. The molecule has 2 aromatic heterocycles. The van der Waals surface area contributed by atoms with Crippen molar-refractivity contribution in [2.24, 2.45) is 7.05 Å². The fraction of sp³-hybridized carbons (Fsp3) is 0.588. The summed E-state index contributed by atoms with van der Waals surface area (Å²) in [5.74, 6) is 0. The van der Waals surface area contributed by atoms with Crippen LogP contribution in [0.2, 0.25) is 0 Å². The summed E-state index contributed by atoms with van der Waals surface area (Å²) in [6.07, 6.45) is 3.35. The van der Waals surface area contributed by atoms with Crippen molar-refractivity contribution < 1.29 is 8.42 Å². The monoisotopic (exact) mass is 384 g/mol. The molecule has 1 atom stereocenters. The second-order valence-electron chi connectivity index (χ2n) is 6.18. The maximum atomic E-state index is 12.8. The number of hydrogen-bond donors (Lipinski definition) is 1. The zero-order valence-electron chi connectivity index (χ0n) is 15.4. The van der Waals surface area contributed by atoms with Crippen molar-refractivity contribution in [2.45, 2.75) is 44.6 Å². The van der Waals surface area contributed by atoms with Crippen LogP contribution in [0.15, 0.2) is 28.6 Å². The molecule has 0 bridgehead atoms. The van der Waals surface area contributed by atoms with Gasteiger partial charge in [-0.1, -0.05) is 19.9 Å². The fourth-order valence-corrected chi connectivity index (χ4v) is 5.05. The van der Waals surface area contributed by atoms with Crippen LogP contribution in [-0.2, 0) is 17.1 Å². The van der Waals surface area contributed by atoms with Gasteiger partial charge in [-0.2, -0.15) is 5.10 Å². The quantitative estimate of drug-likeness (QED) is 0.684. The summed E-state index contributed by atoms with van der Waals surface area (Å²) < 4.78 is 30.0. The van der Waals surface area contributed by atoms with Crippen molar-refractivity contribution in [2.75, 3.05) is 19.6 Å². The summed E-state index contributed by atoms with van der Waals surface area (Å²) in [6.45, 7) is 9.24. The second-order valence-corrected chi connectivity index (χ2v) is 8.81. The Morgan fingerprint density at radius 3 is 2.68 bits per heavy atom. The largest absolute Gasteiger partial charge is 0.304 e. The third-order valence-electron chi connectivity index (χ3n) is 4.20. The highest BCUT2D eigenvalue weighted by atomic mass is 32.2.